The summed E-state index contributed by atoms with van der Waals surface area (Å²) in [6.45, 7) is 3.83. The van der Waals surface area contributed by atoms with Gasteiger partial charge in [-0.1, -0.05) is 79.7 Å². The highest BCUT2D eigenvalue weighted by molar-refractivity contribution is 5.98. The molecule has 0 fully saturated rings. The lowest BCUT2D eigenvalue weighted by atomic mass is 9.93. The molecule has 0 amide bonds. The number of nitrogens with zero attached hydrogens (tertiary/aromatic N) is 1. The standard InChI is InChI=1S/C26H29NO/c1-4-25(21-11-7-5-8-12-21)26(22-13-9-6-10-14-22)23-15-17-24(18-16-23)28-20-19-27(2)3/h5-18H,4,19-20H2,1-3H3/b26-25-/i4+2. The Hall–Kier alpha value is -2.84. The van der Waals surface area contributed by atoms with Gasteiger partial charge in [-0.2, -0.15) is 0 Å². The molecule has 3 aromatic carbocycles. The van der Waals surface area contributed by atoms with Crippen molar-refractivity contribution >= 4 is 11.1 Å². The zero-order valence-electron chi connectivity index (χ0n) is 17.1. The first-order valence-electron chi connectivity index (χ1n) is 9.91. The van der Waals surface area contributed by atoms with Gasteiger partial charge in [-0.25, -0.2) is 0 Å². The van der Waals surface area contributed by atoms with Gasteiger partial charge in [0.25, 0.3) is 0 Å². The summed E-state index contributed by atoms with van der Waals surface area (Å²) in [7, 11) is 4.11. The number of likely N-dealkylation sites (N-methyl/N-ethyl adjacent to an activating group) is 1. The number of rotatable bonds is 8. The second-order valence-corrected chi connectivity index (χ2v) is 7.12. The van der Waals surface area contributed by atoms with Gasteiger partial charge in [0, 0.05) is 6.54 Å². The van der Waals surface area contributed by atoms with Gasteiger partial charge in [-0.3, -0.25) is 0 Å². The molecule has 0 aromatic heterocycles. The van der Waals surface area contributed by atoms with Crippen LogP contribution in [0.25, 0.3) is 11.1 Å². The van der Waals surface area contributed by atoms with E-state index in [9.17, 15) is 0 Å². The van der Waals surface area contributed by atoms with E-state index in [1.165, 1.54) is 27.8 Å². The molecular weight excluding hydrogens is 344 g/mol. The molecule has 0 radical (unpaired) electrons. The van der Waals surface area contributed by atoms with Crippen molar-refractivity contribution in [3.05, 3.63) is 102 Å². The summed E-state index contributed by atoms with van der Waals surface area (Å²) in [6.07, 6.45) is 0.968. The molecule has 0 unspecified atom stereocenters. The van der Waals surface area contributed by atoms with Crippen molar-refractivity contribution in [3.8, 4) is 5.75 Å². The van der Waals surface area contributed by atoms with Crippen LogP contribution >= 0.6 is 0 Å². The van der Waals surface area contributed by atoms with Crippen LogP contribution in [0.3, 0.4) is 0 Å². The van der Waals surface area contributed by atoms with Crippen LogP contribution in [-0.4, -0.2) is 32.1 Å². The van der Waals surface area contributed by atoms with Gasteiger partial charge in [-0.15, -0.1) is 0 Å². The predicted molar refractivity (Wildman–Crippen MR) is 120 cm³/mol. The van der Waals surface area contributed by atoms with Crippen LogP contribution in [0.4, 0.5) is 0 Å². The minimum atomic E-state index is 0.692. The molecule has 0 heterocycles. The normalized spacial score (nSPS) is 12.0. The second kappa shape index (κ2) is 9.91. The molecule has 0 aliphatic carbocycles. The SMILES string of the molecule is C[14CH2]/C(=C(\c1ccccc1)c1ccc(OCCN(C)C)cc1)c1ccccc1. The molecule has 0 aliphatic rings. The number of hydrogen-bond acceptors (Lipinski definition) is 2. The molecular formula is C26H29NO. The van der Waals surface area contributed by atoms with Crippen LogP contribution in [0.15, 0.2) is 84.9 Å². The average molecular weight is 374 g/mol. The zero-order chi connectivity index (χ0) is 19.8. The Labute approximate surface area is 169 Å². The number of allylic oxidation sites excluding steroid dienone is 1. The highest BCUT2D eigenvalue weighted by Crippen LogP contribution is 2.34. The molecule has 0 saturated carbocycles. The molecule has 0 aliphatic heterocycles. The molecule has 0 bridgehead atoms. The average Bonchev–Trinajstić information content (AvgIpc) is 2.73. The Kier molecular flexibility index (Phi) is 7.05. The Morgan fingerprint density at radius 1 is 0.750 bits per heavy atom. The summed E-state index contributed by atoms with van der Waals surface area (Å²) in [5.74, 6) is 0.913. The van der Waals surface area contributed by atoms with Gasteiger partial charge in [0.2, 0.25) is 0 Å². The number of ether oxygens (including phenoxy) is 1. The first-order chi connectivity index (χ1) is 13.7. The van der Waals surface area contributed by atoms with Gasteiger partial charge in [-0.05, 0) is 60.5 Å². The van der Waals surface area contributed by atoms with Crippen molar-refractivity contribution in [3.63, 3.8) is 0 Å². The lowest BCUT2D eigenvalue weighted by Gasteiger charge is -2.17. The van der Waals surface area contributed by atoms with Crippen LogP contribution in [-0.2, 0) is 0 Å². The summed E-state index contributed by atoms with van der Waals surface area (Å²) < 4.78 is 5.87. The minimum absolute atomic E-state index is 0.692. The van der Waals surface area contributed by atoms with Gasteiger partial charge >= 0.3 is 0 Å². The summed E-state index contributed by atoms with van der Waals surface area (Å²) >= 11 is 0. The van der Waals surface area contributed by atoms with E-state index in [2.05, 4.69) is 111 Å². The molecule has 3 aromatic rings. The quantitative estimate of drug-likeness (QED) is 0.449. The van der Waals surface area contributed by atoms with E-state index >= 15 is 0 Å². The van der Waals surface area contributed by atoms with E-state index < -0.39 is 0 Å². The fraction of sp³-hybridized carbons (Fsp3) is 0.231. The third kappa shape index (κ3) is 5.11. The first-order valence-corrected chi connectivity index (χ1v) is 9.91. The van der Waals surface area contributed by atoms with E-state index in [0.29, 0.717) is 6.61 Å². The highest BCUT2D eigenvalue weighted by Gasteiger charge is 2.12. The van der Waals surface area contributed by atoms with Gasteiger partial charge in [0.1, 0.15) is 12.4 Å². The summed E-state index contributed by atoms with van der Waals surface area (Å²) in [5.41, 5.74) is 6.37. The lowest BCUT2D eigenvalue weighted by Crippen LogP contribution is -2.19. The summed E-state index contributed by atoms with van der Waals surface area (Å²) in [6, 6.07) is 29.8. The maximum absolute atomic E-state index is 5.87. The van der Waals surface area contributed by atoms with Crippen molar-refractivity contribution in [1.29, 1.82) is 0 Å². The summed E-state index contributed by atoms with van der Waals surface area (Å²) in [4.78, 5) is 2.12. The van der Waals surface area contributed by atoms with Crippen molar-refractivity contribution in [2.24, 2.45) is 0 Å². The van der Waals surface area contributed by atoms with Crippen LogP contribution in [0, 0.1) is 0 Å². The smallest absolute Gasteiger partial charge is 0.119 e. The predicted octanol–water partition coefficient (Wildman–Crippen LogP) is 6.00. The Bertz CT molecular complexity index is 881. The fourth-order valence-corrected chi connectivity index (χ4v) is 3.35. The topological polar surface area (TPSA) is 12.5 Å². The molecule has 0 N–H and O–H groups in total. The largest absolute Gasteiger partial charge is 0.492 e. The molecule has 2 heteroatoms. The first kappa shape index (κ1) is 19.9. The molecule has 28 heavy (non-hydrogen) atoms. The minimum Gasteiger partial charge on any atom is -0.492 e. The third-order valence-electron chi connectivity index (χ3n) is 4.79. The molecule has 0 atom stereocenters. The molecule has 0 spiro atoms. The fourth-order valence-electron chi connectivity index (χ4n) is 3.35. The van der Waals surface area contributed by atoms with Crippen LogP contribution in [0.2, 0.25) is 0 Å². The van der Waals surface area contributed by atoms with Gasteiger partial charge in [0.15, 0.2) is 0 Å². The van der Waals surface area contributed by atoms with Crippen LogP contribution < -0.4 is 4.74 Å². The van der Waals surface area contributed by atoms with Gasteiger partial charge in [0.05, 0.1) is 0 Å². The van der Waals surface area contributed by atoms with Crippen molar-refractivity contribution in [1.82, 2.24) is 4.90 Å². The Morgan fingerprint density at radius 2 is 1.29 bits per heavy atom. The number of benzene rings is 3. The second-order valence-electron chi connectivity index (χ2n) is 7.12. The molecule has 2 nitrogen and oxygen atoms in total. The van der Waals surface area contributed by atoms with Crippen LogP contribution in [0.5, 0.6) is 5.75 Å². The van der Waals surface area contributed by atoms with Crippen LogP contribution in [0.1, 0.15) is 30.0 Å². The Morgan fingerprint density at radius 3 is 1.82 bits per heavy atom. The van der Waals surface area contributed by atoms with E-state index in [-0.39, 0.29) is 0 Å². The maximum atomic E-state index is 5.87. The van der Waals surface area contributed by atoms with E-state index in [4.69, 9.17) is 4.74 Å². The molecule has 3 rings (SSSR count). The zero-order valence-corrected chi connectivity index (χ0v) is 17.1. The monoisotopic (exact) mass is 373 g/mol. The highest BCUT2D eigenvalue weighted by atomic mass is 16.5. The maximum Gasteiger partial charge on any atom is 0.119 e. The van der Waals surface area contributed by atoms with Gasteiger partial charge < -0.3 is 9.64 Å². The summed E-state index contributed by atoms with van der Waals surface area (Å²) in [5, 5.41) is 0. The molecule has 0 saturated heterocycles. The van der Waals surface area contributed by atoms with E-state index in [1.807, 2.05) is 0 Å². The van der Waals surface area contributed by atoms with E-state index in [0.717, 1.165) is 18.7 Å². The number of hydrogen-bond donors (Lipinski definition) is 0. The van der Waals surface area contributed by atoms with Crippen molar-refractivity contribution in [2.45, 2.75) is 13.3 Å². The van der Waals surface area contributed by atoms with Crippen molar-refractivity contribution < 1.29 is 4.74 Å². The lowest BCUT2D eigenvalue weighted by molar-refractivity contribution is 0.261. The third-order valence-corrected chi connectivity index (χ3v) is 4.79. The molecule has 144 valence electrons. The van der Waals surface area contributed by atoms with E-state index in [1.54, 1.807) is 0 Å². The Balaban J connectivity index is 2.00. The van der Waals surface area contributed by atoms with Crippen molar-refractivity contribution in [2.75, 3.05) is 27.2 Å².